The Kier molecular flexibility index (Phi) is 7.82. The van der Waals surface area contributed by atoms with Gasteiger partial charge in [0.1, 0.15) is 0 Å². The lowest BCUT2D eigenvalue weighted by molar-refractivity contribution is -0.00525. The predicted octanol–water partition coefficient (Wildman–Crippen LogP) is 2.12. The van der Waals surface area contributed by atoms with Crippen LogP contribution in [0.25, 0.3) is 0 Å². The van der Waals surface area contributed by atoms with Crippen LogP contribution in [0.3, 0.4) is 0 Å². The summed E-state index contributed by atoms with van der Waals surface area (Å²) in [5.41, 5.74) is 0. The van der Waals surface area contributed by atoms with E-state index >= 15 is 0 Å². The summed E-state index contributed by atoms with van der Waals surface area (Å²) in [5.74, 6) is 0.729. The third-order valence-corrected chi connectivity index (χ3v) is 3.93. The lowest BCUT2D eigenvalue weighted by Crippen LogP contribution is -2.44. The van der Waals surface area contributed by atoms with Crippen LogP contribution >= 0.6 is 0 Å². The van der Waals surface area contributed by atoms with Crippen molar-refractivity contribution in [1.29, 1.82) is 0 Å². The average molecular weight is 242 g/mol. The van der Waals surface area contributed by atoms with Gasteiger partial charge in [0.05, 0.1) is 6.10 Å². The van der Waals surface area contributed by atoms with Crippen LogP contribution in [0.1, 0.15) is 39.0 Å². The molecule has 0 aromatic heterocycles. The quantitative estimate of drug-likeness (QED) is 0.660. The van der Waals surface area contributed by atoms with Crippen LogP contribution in [0.4, 0.5) is 0 Å². The van der Waals surface area contributed by atoms with Crippen LogP contribution in [0.15, 0.2) is 0 Å². The minimum atomic E-state index is 0.452. The Morgan fingerprint density at radius 3 is 2.71 bits per heavy atom. The highest BCUT2D eigenvalue weighted by atomic mass is 16.5. The van der Waals surface area contributed by atoms with Gasteiger partial charge in [0.25, 0.3) is 0 Å². The molecule has 1 heterocycles. The Hall–Kier alpha value is -0.120. The molecule has 1 aliphatic rings. The number of nitrogens with one attached hydrogen (secondary N) is 1. The highest BCUT2D eigenvalue weighted by Crippen LogP contribution is 2.19. The van der Waals surface area contributed by atoms with Gasteiger partial charge in [0, 0.05) is 13.7 Å². The van der Waals surface area contributed by atoms with Gasteiger partial charge in [-0.2, -0.15) is 0 Å². The summed E-state index contributed by atoms with van der Waals surface area (Å²) in [4.78, 5) is 2.58. The number of methoxy groups -OCH3 is 1. The van der Waals surface area contributed by atoms with E-state index in [2.05, 4.69) is 17.1 Å². The average Bonchev–Trinajstić information content (AvgIpc) is 2.35. The van der Waals surface area contributed by atoms with E-state index in [0.29, 0.717) is 6.10 Å². The third kappa shape index (κ3) is 5.84. The fraction of sp³-hybridized carbons (Fsp3) is 1.00. The van der Waals surface area contributed by atoms with Gasteiger partial charge in [-0.05, 0) is 51.9 Å². The maximum absolute atomic E-state index is 5.54. The van der Waals surface area contributed by atoms with Gasteiger partial charge in [-0.15, -0.1) is 0 Å². The van der Waals surface area contributed by atoms with Gasteiger partial charge in [0.2, 0.25) is 0 Å². The summed E-state index contributed by atoms with van der Waals surface area (Å²) >= 11 is 0. The lowest BCUT2D eigenvalue weighted by atomic mass is 9.95. The predicted molar refractivity (Wildman–Crippen MR) is 73.4 cm³/mol. The first-order valence-corrected chi connectivity index (χ1v) is 7.17. The summed E-state index contributed by atoms with van der Waals surface area (Å²) in [5, 5.41) is 3.20. The number of rotatable bonds is 8. The van der Waals surface area contributed by atoms with Gasteiger partial charge >= 0.3 is 0 Å². The summed E-state index contributed by atoms with van der Waals surface area (Å²) in [6.07, 6.45) is 7.12. The number of nitrogens with zero attached hydrogens (tertiary/aromatic N) is 1. The molecule has 0 bridgehead atoms. The maximum atomic E-state index is 5.54. The second-order valence-electron chi connectivity index (χ2n) is 5.36. The molecule has 3 heteroatoms. The first-order chi connectivity index (χ1) is 8.27. The van der Waals surface area contributed by atoms with Crippen LogP contribution in [0.5, 0.6) is 0 Å². The molecule has 0 saturated carbocycles. The van der Waals surface area contributed by atoms with Gasteiger partial charge in [-0.25, -0.2) is 0 Å². The third-order valence-electron chi connectivity index (χ3n) is 3.93. The molecule has 0 aromatic rings. The molecule has 3 nitrogen and oxygen atoms in total. The monoisotopic (exact) mass is 242 g/mol. The molecule has 0 spiro atoms. The summed E-state index contributed by atoms with van der Waals surface area (Å²) in [6.45, 7) is 7.12. The second kappa shape index (κ2) is 8.90. The van der Waals surface area contributed by atoms with E-state index in [4.69, 9.17) is 4.74 Å². The summed E-state index contributed by atoms with van der Waals surface area (Å²) in [7, 11) is 3.88. The smallest absolute Gasteiger partial charge is 0.0724 e. The van der Waals surface area contributed by atoms with Crippen molar-refractivity contribution in [2.45, 2.75) is 45.1 Å². The molecule has 17 heavy (non-hydrogen) atoms. The molecule has 0 amide bonds. The van der Waals surface area contributed by atoms with Crippen molar-refractivity contribution in [3.63, 3.8) is 0 Å². The van der Waals surface area contributed by atoms with Crippen LogP contribution in [0, 0.1) is 5.92 Å². The zero-order valence-electron chi connectivity index (χ0n) is 11.9. The number of hydrogen-bond acceptors (Lipinski definition) is 3. The molecule has 1 rings (SSSR count). The molecular weight excluding hydrogens is 212 g/mol. The van der Waals surface area contributed by atoms with Gasteiger partial charge in [0.15, 0.2) is 0 Å². The highest BCUT2D eigenvalue weighted by molar-refractivity contribution is 4.78. The van der Waals surface area contributed by atoms with E-state index in [1.807, 2.05) is 14.2 Å². The molecule has 0 aromatic carbocycles. The minimum Gasteiger partial charge on any atom is -0.380 e. The van der Waals surface area contributed by atoms with Gasteiger partial charge < -0.3 is 15.0 Å². The molecule has 2 atom stereocenters. The van der Waals surface area contributed by atoms with Crippen molar-refractivity contribution in [2.75, 3.05) is 40.3 Å². The van der Waals surface area contributed by atoms with Crippen LogP contribution in [-0.4, -0.2) is 51.3 Å². The Balaban J connectivity index is 2.03. The zero-order chi connectivity index (χ0) is 12.5. The van der Waals surface area contributed by atoms with E-state index in [9.17, 15) is 0 Å². The van der Waals surface area contributed by atoms with E-state index in [1.165, 1.54) is 45.2 Å². The standard InChI is InChI=1S/C14H30N2O/c1-13-8-11-16(12-14(13)17-3)10-7-5-4-6-9-15-2/h13-15H,4-12H2,1-3H3. The van der Waals surface area contributed by atoms with Crippen molar-refractivity contribution >= 4 is 0 Å². The normalized spacial score (nSPS) is 26.3. The highest BCUT2D eigenvalue weighted by Gasteiger charge is 2.25. The molecule has 102 valence electrons. The SMILES string of the molecule is CNCCCCCCN1CCC(C)C(OC)C1. The van der Waals surface area contributed by atoms with Crippen LogP contribution in [-0.2, 0) is 4.74 Å². The molecule has 1 aliphatic heterocycles. The Morgan fingerprint density at radius 1 is 1.24 bits per heavy atom. The Labute approximate surface area is 107 Å². The molecule has 2 unspecified atom stereocenters. The number of likely N-dealkylation sites (tertiary alicyclic amines) is 1. The summed E-state index contributed by atoms with van der Waals surface area (Å²) < 4.78 is 5.54. The molecular formula is C14H30N2O. The fourth-order valence-electron chi connectivity index (χ4n) is 2.60. The first-order valence-electron chi connectivity index (χ1n) is 7.17. The Bertz CT molecular complexity index is 187. The van der Waals surface area contributed by atoms with Crippen molar-refractivity contribution in [3.05, 3.63) is 0 Å². The van der Waals surface area contributed by atoms with Gasteiger partial charge in [-0.1, -0.05) is 19.8 Å². The van der Waals surface area contributed by atoms with E-state index < -0.39 is 0 Å². The van der Waals surface area contributed by atoms with Gasteiger partial charge in [-0.3, -0.25) is 0 Å². The fourth-order valence-corrected chi connectivity index (χ4v) is 2.60. The first kappa shape index (κ1) is 14.9. The maximum Gasteiger partial charge on any atom is 0.0724 e. The minimum absolute atomic E-state index is 0.452. The number of ether oxygens (including phenoxy) is 1. The van der Waals surface area contributed by atoms with Crippen molar-refractivity contribution < 1.29 is 4.74 Å². The summed E-state index contributed by atoms with van der Waals surface area (Å²) in [6, 6.07) is 0. The molecule has 1 N–H and O–H groups in total. The van der Waals surface area contributed by atoms with Crippen molar-refractivity contribution in [3.8, 4) is 0 Å². The van der Waals surface area contributed by atoms with Crippen molar-refractivity contribution in [2.24, 2.45) is 5.92 Å². The molecule has 1 fully saturated rings. The van der Waals surface area contributed by atoms with E-state index in [1.54, 1.807) is 0 Å². The topological polar surface area (TPSA) is 24.5 Å². The largest absolute Gasteiger partial charge is 0.380 e. The lowest BCUT2D eigenvalue weighted by Gasteiger charge is -2.36. The zero-order valence-corrected chi connectivity index (χ0v) is 11.9. The van der Waals surface area contributed by atoms with Crippen LogP contribution < -0.4 is 5.32 Å². The molecule has 1 saturated heterocycles. The molecule has 0 aliphatic carbocycles. The van der Waals surface area contributed by atoms with E-state index in [0.717, 1.165) is 19.0 Å². The number of hydrogen-bond donors (Lipinski definition) is 1. The van der Waals surface area contributed by atoms with Crippen LogP contribution in [0.2, 0.25) is 0 Å². The van der Waals surface area contributed by atoms with Crippen molar-refractivity contribution in [1.82, 2.24) is 10.2 Å². The molecule has 0 radical (unpaired) electrons. The Morgan fingerprint density at radius 2 is 2.00 bits per heavy atom. The second-order valence-corrected chi connectivity index (χ2v) is 5.36. The van der Waals surface area contributed by atoms with E-state index in [-0.39, 0.29) is 0 Å². The number of piperidine rings is 1. The number of unbranched alkanes of at least 4 members (excludes halogenated alkanes) is 3.